The number of aliphatic carboxylic acids is 2. The van der Waals surface area contributed by atoms with Gasteiger partial charge in [-0.25, -0.2) is 18.0 Å². The highest BCUT2D eigenvalue weighted by Crippen LogP contribution is 2.38. The Morgan fingerprint density at radius 2 is 1.31 bits per heavy atom. The van der Waals surface area contributed by atoms with Crippen molar-refractivity contribution >= 4 is 39.5 Å². The molecule has 0 saturated carbocycles. The fourth-order valence-corrected chi connectivity index (χ4v) is 5.00. The van der Waals surface area contributed by atoms with Crippen LogP contribution in [0.25, 0.3) is 0 Å². The molecule has 39 heavy (non-hydrogen) atoms. The maximum Gasteiger partial charge on any atom is 0.414 e. The van der Waals surface area contributed by atoms with Crippen LogP contribution in [0.3, 0.4) is 0 Å². The van der Waals surface area contributed by atoms with Crippen molar-refractivity contribution in [2.24, 2.45) is 0 Å². The predicted molar refractivity (Wildman–Crippen MR) is 137 cm³/mol. The Balaban J connectivity index is 0.000000798. The van der Waals surface area contributed by atoms with Gasteiger partial charge in [-0.2, -0.15) is 4.31 Å². The second-order valence-electron chi connectivity index (χ2n) is 7.93. The van der Waals surface area contributed by atoms with Crippen LogP contribution in [0.15, 0.2) is 41.3 Å². The van der Waals surface area contributed by atoms with Crippen LogP contribution in [-0.4, -0.2) is 99.1 Å². The van der Waals surface area contributed by atoms with Crippen molar-refractivity contribution in [3.05, 3.63) is 42.0 Å². The maximum atomic E-state index is 13.1. The van der Waals surface area contributed by atoms with E-state index in [1.807, 2.05) is 0 Å². The molecule has 2 aromatic carbocycles. The number of rotatable bonds is 7. The van der Waals surface area contributed by atoms with Crippen molar-refractivity contribution in [2.75, 3.05) is 52.8 Å². The quantitative estimate of drug-likeness (QED) is 0.404. The summed E-state index contributed by atoms with van der Waals surface area (Å²) in [5, 5.41) is 17.4. The molecule has 0 spiro atoms. The molecule has 1 aliphatic rings. The van der Waals surface area contributed by atoms with Crippen molar-refractivity contribution in [1.29, 1.82) is 0 Å². The van der Waals surface area contributed by atoms with Gasteiger partial charge >= 0.3 is 11.9 Å². The van der Waals surface area contributed by atoms with Crippen molar-refractivity contribution in [1.82, 2.24) is 9.21 Å². The Kier molecular flexibility index (Phi) is 10.6. The third-order valence-corrected chi connectivity index (χ3v) is 7.35. The summed E-state index contributed by atoms with van der Waals surface area (Å²) in [4.78, 5) is 44.1. The van der Waals surface area contributed by atoms with Crippen LogP contribution in [0, 0.1) is 0 Å². The Morgan fingerprint density at radius 3 is 1.69 bits per heavy atom. The number of hydrogen-bond donors (Lipinski definition) is 3. The number of anilines is 1. The second-order valence-corrected chi connectivity index (χ2v) is 9.86. The van der Waals surface area contributed by atoms with E-state index in [-0.39, 0.29) is 42.9 Å². The Bertz CT molecular complexity index is 1280. The van der Waals surface area contributed by atoms with Crippen molar-refractivity contribution in [3.63, 3.8) is 0 Å². The van der Waals surface area contributed by atoms with Crippen LogP contribution in [0.1, 0.15) is 17.3 Å². The van der Waals surface area contributed by atoms with E-state index in [9.17, 15) is 18.0 Å². The molecule has 212 valence electrons. The third-order valence-electron chi connectivity index (χ3n) is 5.43. The lowest BCUT2D eigenvalue weighted by Crippen LogP contribution is -2.50. The fourth-order valence-electron chi connectivity index (χ4n) is 3.58. The molecule has 3 rings (SSSR count). The van der Waals surface area contributed by atoms with Gasteiger partial charge in [-0.1, -0.05) is 0 Å². The number of carboxylic acid groups (broad SMARTS) is 2. The minimum Gasteiger partial charge on any atom is -0.493 e. The molecule has 1 aliphatic heterocycles. The molecule has 3 N–H and O–H groups in total. The van der Waals surface area contributed by atoms with Gasteiger partial charge in [0.2, 0.25) is 21.7 Å². The van der Waals surface area contributed by atoms with Crippen LogP contribution < -0.4 is 19.5 Å². The summed E-state index contributed by atoms with van der Waals surface area (Å²) in [6, 6.07) is 9.13. The summed E-state index contributed by atoms with van der Waals surface area (Å²) in [6.07, 6.45) is 0. The van der Waals surface area contributed by atoms with Crippen molar-refractivity contribution < 1.29 is 52.0 Å². The van der Waals surface area contributed by atoms with Crippen molar-refractivity contribution in [2.45, 2.75) is 11.8 Å². The molecular formula is C24H29N3O11S. The molecule has 2 amide bonds. The predicted octanol–water partition coefficient (Wildman–Crippen LogP) is 0.973. The molecule has 0 aliphatic carbocycles. The highest BCUT2D eigenvalue weighted by Gasteiger charge is 2.31. The summed E-state index contributed by atoms with van der Waals surface area (Å²) in [5.74, 6) is -3.03. The van der Waals surface area contributed by atoms with E-state index < -0.39 is 22.0 Å². The highest BCUT2D eigenvalue weighted by molar-refractivity contribution is 7.89. The van der Waals surface area contributed by atoms with Gasteiger partial charge in [0, 0.05) is 44.4 Å². The summed E-state index contributed by atoms with van der Waals surface area (Å²) >= 11 is 0. The van der Waals surface area contributed by atoms with E-state index >= 15 is 0 Å². The molecule has 1 heterocycles. The number of nitrogens with one attached hydrogen (secondary N) is 1. The molecular weight excluding hydrogens is 538 g/mol. The first-order valence-electron chi connectivity index (χ1n) is 11.3. The number of piperazine rings is 1. The average Bonchev–Trinajstić information content (AvgIpc) is 2.92. The first-order valence-corrected chi connectivity index (χ1v) is 12.7. The van der Waals surface area contributed by atoms with Gasteiger partial charge in [0.05, 0.1) is 26.2 Å². The molecule has 0 aromatic heterocycles. The Morgan fingerprint density at radius 1 is 0.821 bits per heavy atom. The van der Waals surface area contributed by atoms with Crippen LogP contribution >= 0.6 is 0 Å². The largest absolute Gasteiger partial charge is 0.493 e. The smallest absolute Gasteiger partial charge is 0.414 e. The zero-order chi connectivity index (χ0) is 29.3. The van der Waals surface area contributed by atoms with E-state index in [0.717, 1.165) is 0 Å². The van der Waals surface area contributed by atoms with Crippen LogP contribution in [0.2, 0.25) is 0 Å². The maximum absolute atomic E-state index is 13.1. The van der Waals surface area contributed by atoms with Crippen LogP contribution in [0.5, 0.6) is 17.2 Å². The zero-order valence-corrected chi connectivity index (χ0v) is 22.5. The number of carboxylic acids is 2. The molecule has 0 unspecified atom stereocenters. The van der Waals surface area contributed by atoms with Gasteiger partial charge in [-0.05, 0) is 36.4 Å². The zero-order valence-electron chi connectivity index (χ0n) is 21.7. The number of methoxy groups -OCH3 is 3. The summed E-state index contributed by atoms with van der Waals surface area (Å²) in [7, 11) is 0.696. The number of carbonyl (C=O) groups excluding carboxylic acids is 2. The Hall–Kier alpha value is -4.37. The normalized spacial score (nSPS) is 13.4. The van der Waals surface area contributed by atoms with Gasteiger partial charge in [-0.3, -0.25) is 9.59 Å². The lowest BCUT2D eigenvalue weighted by atomic mass is 10.1. The van der Waals surface area contributed by atoms with Gasteiger partial charge < -0.3 is 34.6 Å². The van der Waals surface area contributed by atoms with E-state index in [0.29, 0.717) is 28.5 Å². The minimum absolute atomic E-state index is 0.126. The lowest BCUT2D eigenvalue weighted by molar-refractivity contribution is -0.159. The molecule has 0 atom stereocenters. The highest BCUT2D eigenvalue weighted by atomic mass is 32.2. The number of carbonyl (C=O) groups is 4. The van der Waals surface area contributed by atoms with Gasteiger partial charge in [0.1, 0.15) is 0 Å². The van der Waals surface area contributed by atoms with Crippen LogP contribution in [0.4, 0.5) is 5.69 Å². The lowest BCUT2D eigenvalue weighted by Gasteiger charge is -2.34. The topological polar surface area (TPSA) is 189 Å². The van der Waals surface area contributed by atoms with E-state index in [1.165, 1.54) is 44.7 Å². The Labute approximate surface area is 224 Å². The number of amides is 2. The summed E-state index contributed by atoms with van der Waals surface area (Å²) < 4.78 is 43.2. The van der Waals surface area contributed by atoms with E-state index in [4.69, 9.17) is 34.0 Å². The number of sulfonamides is 1. The average molecular weight is 568 g/mol. The van der Waals surface area contributed by atoms with Crippen LogP contribution in [-0.2, 0) is 24.4 Å². The second kappa shape index (κ2) is 13.4. The molecule has 1 saturated heterocycles. The first kappa shape index (κ1) is 30.9. The standard InChI is InChI=1S/C22H27N3O7S.C2H2O4/c1-15(26)23-17-5-7-18(8-6-17)33(28,29)25-11-9-24(10-12-25)22(27)16-13-19(30-2)21(32-4)20(14-16)31-3;3-1(4)2(5)6/h5-8,13-14H,9-12H2,1-4H3,(H,23,26);(H,3,4)(H,5,6). The van der Waals surface area contributed by atoms with E-state index in [2.05, 4.69) is 5.32 Å². The number of benzene rings is 2. The molecule has 1 fully saturated rings. The molecule has 0 radical (unpaired) electrons. The summed E-state index contributed by atoms with van der Waals surface area (Å²) in [6.45, 7) is 2.17. The number of nitrogens with zero attached hydrogens (tertiary/aromatic N) is 2. The first-order chi connectivity index (χ1) is 18.3. The number of hydrogen-bond acceptors (Lipinski definition) is 9. The van der Waals surface area contributed by atoms with E-state index in [1.54, 1.807) is 29.2 Å². The fraction of sp³-hybridized carbons (Fsp3) is 0.333. The van der Waals surface area contributed by atoms with Gasteiger partial charge in [0.25, 0.3) is 5.91 Å². The minimum atomic E-state index is -3.73. The third kappa shape index (κ3) is 7.81. The van der Waals surface area contributed by atoms with Gasteiger partial charge in [0.15, 0.2) is 11.5 Å². The molecule has 2 aromatic rings. The number of ether oxygens (including phenoxy) is 3. The monoisotopic (exact) mass is 567 g/mol. The molecule has 14 nitrogen and oxygen atoms in total. The van der Waals surface area contributed by atoms with Gasteiger partial charge in [-0.15, -0.1) is 0 Å². The van der Waals surface area contributed by atoms with Crippen molar-refractivity contribution in [3.8, 4) is 17.2 Å². The summed E-state index contributed by atoms with van der Waals surface area (Å²) in [5.41, 5.74) is 0.872. The molecule has 0 bridgehead atoms. The SMILES string of the molecule is COc1cc(C(=O)N2CCN(S(=O)(=O)c3ccc(NC(C)=O)cc3)CC2)cc(OC)c1OC.O=C(O)C(=O)O. The molecule has 15 heteroatoms.